The van der Waals surface area contributed by atoms with Gasteiger partial charge in [-0.05, 0) is 24.3 Å². The van der Waals surface area contributed by atoms with E-state index >= 15 is 0 Å². The molecule has 1 heterocycles. The Morgan fingerprint density at radius 2 is 1.96 bits per heavy atom. The van der Waals surface area contributed by atoms with Crippen LogP contribution in [-0.4, -0.2) is 52.8 Å². The Labute approximate surface area is 146 Å². The van der Waals surface area contributed by atoms with E-state index < -0.39 is 5.41 Å². The zero-order valence-electron chi connectivity index (χ0n) is 13.7. The second-order valence-corrected chi connectivity index (χ2v) is 6.60. The standard InChI is InChI=1S/C18H21ClN2O3/c1-18(11-22,12-23)10-21(2)17(24)14-9-13(6-7-15(14)19)16-5-3-4-8-20-16/h3-9,22-23H,10-12H2,1-2H3. The van der Waals surface area contributed by atoms with Gasteiger partial charge in [-0.15, -0.1) is 0 Å². The van der Waals surface area contributed by atoms with Crippen molar-refractivity contribution < 1.29 is 15.0 Å². The molecule has 0 radical (unpaired) electrons. The van der Waals surface area contributed by atoms with Crippen molar-refractivity contribution in [2.75, 3.05) is 26.8 Å². The van der Waals surface area contributed by atoms with Crippen LogP contribution in [0.5, 0.6) is 0 Å². The average molecular weight is 349 g/mol. The van der Waals surface area contributed by atoms with Gasteiger partial charge in [-0.3, -0.25) is 9.78 Å². The molecule has 0 fully saturated rings. The first-order valence-electron chi connectivity index (χ1n) is 7.58. The first kappa shape index (κ1) is 18.4. The highest BCUT2D eigenvalue weighted by Gasteiger charge is 2.27. The molecular weight excluding hydrogens is 328 g/mol. The van der Waals surface area contributed by atoms with Gasteiger partial charge in [-0.2, -0.15) is 0 Å². The van der Waals surface area contributed by atoms with Crippen LogP contribution < -0.4 is 0 Å². The Morgan fingerprint density at radius 1 is 1.25 bits per heavy atom. The first-order valence-corrected chi connectivity index (χ1v) is 7.96. The van der Waals surface area contributed by atoms with Crippen molar-refractivity contribution >= 4 is 17.5 Å². The average Bonchev–Trinajstić information content (AvgIpc) is 2.62. The van der Waals surface area contributed by atoms with Crippen LogP contribution in [0, 0.1) is 5.41 Å². The third-order valence-corrected chi connectivity index (χ3v) is 4.22. The monoisotopic (exact) mass is 348 g/mol. The fourth-order valence-electron chi connectivity index (χ4n) is 2.38. The summed E-state index contributed by atoms with van der Waals surface area (Å²) in [4.78, 5) is 18.4. The molecule has 0 saturated heterocycles. The highest BCUT2D eigenvalue weighted by atomic mass is 35.5. The molecule has 1 amide bonds. The molecule has 0 aliphatic heterocycles. The fraction of sp³-hybridized carbons (Fsp3) is 0.333. The minimum absolute atomic E-state index is 0.211. The van der Waals surface area contributed by atoms with Gasteiger partial charge in [-0.1, -0.05) is 30.7 Å². The van der Waals surface area contributed by atoms with Crippen LogP contribution in [0.4, 0.5) is 0 Å². The second kappa shape index (κ2) is 7.75. The van der Waals surface area contributed by atoms with Crippen LogP contribution in [0.2, 0.25) is 5.02 Å². The van der Waals surface area contributed by atoms with Crippen LogP contribution in [0.15, 0.2) is 42.6 Å². The zero-order chi connectivity index (χ0) is 17.7. The number of pyridine rings is 1. The maximum Gasteiger partial charge on any atom is 0.255 e. The van der Waals surface area contributed by atoms with Crippen molar-refractivity contribution in [2.24, 2.45) is 5.41 Å². The molecule has 6 heteroatoms. The largest absolute Gasteiger partial charge is 0.396 e. The third-order valence-electron chi connectivity index (χ3n) is 3.89. The predicted molar refractivity (Wildman–Crippen MR) is 93.9 cm³/mol. The van der Waals surface area contributed by atoms with E-state index in [2.05, 4.69) is 4.98 Å². The lowest BCUT2D eigenvalue weighted by Crippen LogP contribution is -2.41. The van der Waals surface area contributed by atoms with Crippen LogP contribution in [-0.2, 0) is 0 Å². The van der Waals surface area contributed by atoms with Gasteiger partial charge >= 0.3 is 0 Å². The van der Waals surface area contributed by atoms with E-state index in [1.54, 1.807) is 32.3 Å². The molecular formula is C18H21ClN2O3. The molecule has 0 spiro atoms. The molecule has 2 N–H and O–H groups in total. The Hall–Kier alpha value is -1.95. The molecule has 2 rings (SSSR count). The predicted octanol–water partition coefficient (Wildman–Crippen LogP) is 2.46. The number of halogens is 1. The van der Waals surface area contributed by atoms with Gasteiger partial charge in [0.25, 0.3) is 5.91 Å². The molecule has 0 unspecified atom stereocenters. The Balaban J connectivity index is 2.29. The van der Waals surface area contributed by atoms with E-state index in [-0.39, 0.29) is 25.7 Å². The number of rotatable bonds is 6. The van der Waals surface area contributed by atoms with Gasteiger partial charge in [0.15, 0.2) is 0 Å². The number of aromatic nitrogens is 1. The lowest BCUT2D eigenvalue weighted by Gasteiger charge is -2.30. The zero-order valence-corrected chi connectivity index (χ0v) is 14.5. The summed E-state index contributed by atoms with van der Waals surface area (Å²) in [6.45, 7) is 1.48. The number of benzene rings is 1. The van der Waals surface area contributed by atoms with E-state index in [0.29, 0.717) is 10.6 Å². The summed E-state index contributed by atoms with van der Waals surface area (Å²) in [5, 5.41) is 19.2. The highest BCUT2D eigenvalue weighted by Crippen LogP contribution is 2.26. The Bertz CT molecular complexity index is 703. The van der Waals surface area contributed by atoms with E-state index in [1.807, 2.05) is 24.3 Å². The van der Waals surface area contributed by atoms with Gasteiger partial charge in [0.1, 0.15) is 0 Å². The van der Waals surface area contributed by atoms with Crippen LogP contribution in [0.3, 0.4) is 0 Å². The number of nitrogens with zero attached hydrogens (tertiary/aromatic N) is 2. The molecule has 0 saturated carbocycles. The summed E-state index contributed by atoms with van der Waals surface area (Å²) in [5.74, 6) is -0.272. The van der Waals surface area contributed by atoms with Crippen molar-refractivity contribution in [3.8, 4) is 11.3 Å². The van der Waals surface area contributed by atoms with Crippen LogP contribution in [0.1, 0.15) is 17.3 Å². The number of hydrogen-bond acceptors (Lipinski definition) is 4. The molecule has 0 bridgehead atoms. The quantitative estimate of drug-likeness (QED) is 0.841. The Kier molecular flexibility index (Phi) is 5.94. The number of aliphatic hydroxyl groups excluding tert-OH is 2. The molecule has 0 aliphatic carbocycles. The SMILES string of the molecule is CN(CC(C)(CO)CO)C(=O)c1cc(-c2ccccn2)ccc1Cl. The summed E-state index contributed by atoms with van der Waals surface area (Å²) in [6, 6.07) is 10.7. The maximum atomic E-state index is 12.7. The summed E-state index contributed by atoms with van der Waals surface area (Å²) in [7, 11) is 1.62. The van der Waals surface area contributed by atoms with E-state index in [1.165, 1.54) is 4.90 Å². The molecule has 5 nitrogen and oxygen atoms in total. The second-order valence-electron chi connectivity index (χ2n) is 6.20. The highest BCUT2D eigenvalue weighted by molar-refractivity contribution is 6.34. The summed E-state index contributed by atoms with van der Waals surface area (Å²) in [6.07, 6.45) is 1.69. The lowest BCUT2D eigenvalue weighted by molar-refractivity contribution is 0.0366. The molecule has 0 atom stereocenters. The van der Waals surface area contributed by atoms with Gasteiger partial charge in [-0.25, -0.2) is 0 Å². The van der Waals surface area contributed by atoms with Gasteiger partial charge in [0, 0.05) is 30.8 Å². The lowest BCUT2D eigenvalue weighted by atomic mass is 9.92. The molecule has 1 aromatic carbocycles. The third kappa shape index (κ3) is 4.12. The van der Waals surface area contributed by atoms with Crippen molar-refractivity contribution in [3.05, 3.63) is 53.2 Å². The van der Waals surface area contributed by atoms with Crippen molar-refractivity contribution in [1.29, 1.82) is 0 Å². The van der Waals surface area contributed by atoms with Crippen LogP contribution >= 0.6 is 11.6 Å². The molecule has 128 valence electrons. The summed E-state index contributed by atoms with van der Waals surface area (Å²) >= 11 is 6.19. The maximum absolute atomic E-state index is 12.7. The van der Waals surface area contributed by atoms with E-state index in [0.717, 1.165) is 11.3 Å². The van der Waals surface area contributed by atoms with Crippen LogP contribution in [0.25, 0.3) is 11.3 Å². The molecule has 0 aliphatic rings. The van der Waals surface area contributed by atoms with Crippen molar-refractivity contribution in [2.45, 2.75) is 6.92 Å². The molecule has 1 aromatic heterocycles. The summed E-state index contributed by atoms with van der Waals surface area (Å²) in [5.41, 5.74) is 1.14. The minimum Gasteiger partial charge on any atom is -0.396 e. The van der Waals surface area contributed by atoms with E-state index in [4.69, 9.17) is 11.6 Å². The number of carbonyl (C=O) groups excluding carboxylic acids is 1. The van der Waals surface area contributed by atoms with Crippen molar-refractivity contribution in [3.63, 3.8) is 0 Å². The topological polar surface area (TPSA) is 73.7 Å². The summed E-state index contributed by atoms with van der Waals surface area (Å²) < 4.78 is 0. The number of carbonyl (C=O) groups is 1. The fourth-order valence-corrected chi connectivity index (χ4v) is 2.58. The smallest absolute Gasteiger partial charge is 0.255 e. The van der Waals surface area contributed by atoms with Gasteiger partial charge in [0.05, 0.1) is 29.5 Å². The molecule has 24 heavy (non-hydrogen) atoms. The number of hydrogen-bond donors (Lipinski definition) is 2. The number of aliphatic hydroxyl groups is 2. The van der Waals surface area contributed by atoms with Crippen molar-refractivity contribution in [1.82, 2.24) is 9.88 Å². The van der Waals surface area contributed by atoms with Gasteiger partial charge < -0.3 is 15.1 Å². The first-order chi connectivity index (χ1) is 11.4. The Morgan fingerprint density at radius 3 is 2.54 bits per heavy atom. The molecule has 2 aromatic rings. The van der Waals surface area contributed by atoms with Gasteiger partial charge in [0.2, 0.25) is 0 Å². The number of amides is 1. The normalized spacial score (nSPS) is 11.4. The minimum atomic E-state index is -0.768. The van der Waals surface area contributed by atoms with E-state index in [9.17, 15) is 15.0 Å².